The number of rotatable bonds is 8. The molecule has 0 aliphatic carbocycles. The van der Waals surface area contributed by atoms with Crippen molar-refractivity contribution in [2.75, 3.05) is 7.11 Å². The molecule has 3 aromatic carbocycles. The van der Waals surface area contributed by atoms with Crippen LogP contribution in [0.25, 0.3) is 22.4 Å². The summed E-state index contributed by atoms with van der Waals surface area (Å²) in [7, 11) is 1.60. The Bertz CT molecular complexity index is 1150. The Labute approximate surface area is 179 Å². The highest BCUT2D eigenvalue weighted by atomic mass is 16.5. The van der Waals surface area contributed by atoms with Crippen molar-refractivity contribution in [2.24, 2.45) is 0 Å². The molecule has 6 nitrogen and oxygen atoms in total. The van der Waals surface area contributed by atoms with Gasteiger partial charge in [0.05, 0.1) is 12.7 Å². The first-order chi connectivity index (χ1) is 15.1. The van der Waals surface area contributed by atoms with Crippen LogP contribution in [-0.4, -0.2) is 23.3 Å². The minimum absolute atomic E-state index is 0.259. The fourth-order valence-corrected chi connectivity index (χ4v) is 3.28. The van der Waals surface area contributed by atoms with Crippen LogP contribution in [0, 0.1) is 0 Å². The van der Waals surface area contributed by atoms with Crippen molar-refractivity contribution >= 4 is 5.97 Å². The Hall–Kier alpha value is -4.06. The second kappa shape index (κ2) is 9.17. The van der Waals surface area contributed by atoms with E-state index in [9.17, 15) is 9.90 Å². The average Bonchev–Trinajstić information content (AvgIpc) is 3.21. The first-order valence-electron chi connectivity index (χ1n) is 9.76. The molecule has 1 aromatic heterocycles. The second-order valence-electron chi connectivity index (χ2n) is 6.93. The van der Waals surface area contributed by atoms with Gasteiger partial charge in [-0.05, 0) is 47.5 Å². The second-order valence-corrected chi connectivity index (χ2v) is 6.93. The summed E-state index contributed by atoms with van der Waals surface area (Å²) >= 11 is 0. The molecule has 6 heteroatoms. The number of aromatic nitrogens is 1. The topological polar surface area (TPSA) is 81.8 Å². The molecule has 31 heavy (non-hydrogen) atoms. The van der Waals surface area contributed by atoms with Gasteiger partial charge < -0.3 is 19.1 Å². The summed E-state index contributed by atoms with van der Waals surface area (Å²) in [6.45, 7) is 0.467. The van der Waals surface area contributed by atoms with Gasteiger partial charge in [0.1, 0.15) is 30.2 Å². The van der Waals surface area contributed by atoms with Gasteiger partial charge in [-0.3, -0.25) is 4.79 Å². The van der Waals surface area contributed by atoms with Crippen LogP contribution < -0.4 is 9.47 Å². The van der Waals surface area contributed by atoms with Crippen LogP contribution in [0.4, 0.5) is 0 Å². The molecule has 0 amide bonds. The minimum atomic E-state index is -0.985. The largest absolute Gasteiger partial charge is 0.497 e. The summed E-state index contributed by atoms with van der Waals surface area (Å²) in [5, 5.41) is 13.4. The summed E-state index contributed by atoms with van der Waals surface area (Å²) in [6, 6.07) is 24.8. The number of methoxy groups -OCH3 is 1. The van der Waals surface area contributed by atoms with Gasteiger partial charge in [-0.15, -0.1) is 0 Å². The van der Waals surface area contributed by atoms with Gasteiger partial charge in [-0.25, -0.2) is 0 Å². The average molecular weight is 415 g/mol. The molecule has 1 heterocycles. The monoisotopic (exact) mass is 415 g/mol. The van der Waals surface area contributed by atoms with Crippen molar-refractivity contribution in [1.82, 2.24) is 5.16 Å². The number of carboxylic acid groups (broad SMARTS) is 1. The molecule has 0 atom stereocenters. The first-order valence-corrected chi connectivity index (χ1v) is 9.76. The zero-order valence-electron chi connectivity index (χ0n) is 16.9. The van der Waals surface area contributed by atoms with E-state index in [1.54, 1.807) is 7.11 Å². The van der Waals surface area contributed by atoms with E-state index in [-0.39, 0.29) is 6.42 Å². The van der Waals surface area contributed by atoms with E-state index >= 15 is 0 Å². The number of ether oxygens (including phenoxy) is 2. The summed E-state index contributed by atoms with van der Waals surface area (Å²) in [5.74, 6) is 0.757. The number of benzene rings is 3. The molecule has 1 N–H and O–H groups in total. The lowest BCUT2D eigenvalue weighted by Crippen LogP contribution is -2.00. The maximum Gasteiger partial charge on any atom is 0.311 e. The zero-order chi connectivity index (χ0) is 21.6. The SMILES string of the molecule is COc1ccc(-c2noc(CC(=O)O)c2-c2ccc(OCc3ccccc3)cc2)cc1. The van der Waals surface area contributed by atoms with Crippen LogP contribution in [0.15, 0.2) is 83.4 Å². The molecule has 0 saturated carbocycles. The Balaban J connectivity index is 1.63. The number of carboxylic acids is 1. The van der Waals surface area contributed by atoms with E-state index in [2.05, 4.69) is 5.16 Å². The van der Waals surface area contributed by atoms with Gasteiger partial charge in [0.25, 0.3) is 0 Å². The summed E-state index contributed by atoms with van der Waals surface area (Å²) in [6.07, 6.45) is -0.259. The Morgan fingerprint density at radius 2 is 1.55 bits per heavy atom. The maximum atomic E-state index is 11.3. The number of aliphatic carboxylic acids is 1. The van der Waals surface area contributed by atoms with Gasteiger partial charge in [0, 0.05) is 5.56 Å². The van der Waals surface area contributed by atoms with E-state index in [0.29, 0.717) is 23.6 Å². The molecule has 156 valence electrons. The Kier molecular flexibility index (Phi) is 5.98. The van der Waals surface area contributed by atoms with E-state index in [1.165, 1.54) is 0 Å². The van der Waals surface area contributed by atoms with Gasteiger partial charge >= 0.3 is 5.97 Å². The van der Waals surface area contributed by atoms with Gasteiger partial charge in [0.15, 0.2) is 5.76 Å². The lowest BCUT2D eigenvalue weighted by Gasteiger charge is -2.09. The van der Waals surface area contributed by atoms with Crippen LogP contribution in [0.2, 0.25) is 0 Å². The third-order valence-electron chi connectivity index (χ3n) is 4.83. The number of hydrogen-bond donors (Lipinski definition) is 1. The number of carbonyl (C=O) groups is 1. The lowest BCUT2D eigenvalue weighted by atomic mass is 9.98. The van der Waals surface area contributed by atoms with Crippen molar-refractivity contribution in [3.8, 4) is 33.9 Å². The van der Waals surface area contributed by atoms with Crippen molar-refractivity contribution in [2.45, 2.75) is 13.0 Å². The molecule has 0 fully saturated rings. The van der Waals surface area contributed by atoms with E-state index in [0.717, 1.165) is 28.2 Å². The third-order valence-corrected chi connectivity index (χ3v) is 4.83. The molecule has 0 saturated heterocycles. The summed E-state index contributed by atoms with van der Waals surface area (Å²) < 4.78 is 16.5. The molecule has 0 aliphatic heterocycles. The molecule has 0 bridgehead atoms. The summed E-state index contributed by atoms with van der Waals surface area (Å²) in [5.41, 5.74) is 3.92. The molecular weight excluding hydrogens is 394 g/mol. The predicted molar refractivity (Wildman–Crippen MR) is 116 cm³/mol. The van der Waals surface area contributed by atoms with Gasteiger partial charge in [0.2, 0.25) is 0 Å². The number of nitrogens with zero attached hydrogens (tertiary/aromatic N) is 1. The molecular formula is C25H21NO5. The lowest BCUT2D eigenvalue weighted by molar-refractivity contribution is -0.136. The quantitative estimate of drug-likeness (QED) is 0.425. The van der Waals surface area contributed by atoms with Crippen LogP contribution in [0.3, 0.4) is 0 Å². The molecule has 4 rings (SSSR count). The molecule has 0 spiro atoms. The number of hydrogen-bond acceptors (Lipinski definition) is 5. The molecule has 4 aromatic rings. The van der Waals surface area contributed by atoms with Crippen LogP contribution in [-0.2, 0) is 17.8 Å². The normalized spacial score (nSPS) is 10.6. The van der Waals surface area contributed by atoms with Crippen molar-refractivity contribution in [3.05, 3.63) is 90.2 Å². The Morgan fingerprint density at radius 3 is 2.19 bits per heavy atom. The standard InChI is InChI=1S/C25H21NO5/c1-29-20-11-9-19(10-12-20)25-24(22(31-26-25)15-23(27)28)18-7-13-21(14-8-18)30-16-17-5-3-2-4-6-17/h2-14H,15-16H2,1H3,(H,27,28). The highest BCUT2D eigenvalue weighted by molar-refractivity contribution is 5.85. The first kappa shape index (κ1) is 20.2. The zero-order valence-corrected chi connectivity index (χ0v) is 16.9. The molecule has 0 unspecified atom stereocenters. The van der Waals surface area contributed by atoms with Crippen LogP contribution in [0.1, 0.15) is 11.3 Å². The smallest absolute Gasteiger partial charge is 0.311 e. The molecule has 0 radical (unpaired) electrons. The van der Waals surface area contributed by atoms with Crippen LogP contribution in [0.5, 0.6) is 11.5 Å². The minimum Gasteiger partial charge on any atom is -0.497 e. The van der Waals surface area contributed by atoms with Gasteiger partial charge in [-0.1, -0.05) is 47.6 Å². The van der Waals surface area contributed by atoms with E-state index in [1.807, 2.05) is 78.9 Å². The Morgan fingerprint density at radius 1 is 0.903 bits per heavy atom. The van der Waals surface area contributed by atoms with Crippen LogP contribution >= 0.6 is 0 Å². The highest BCUT2D eigenvalue weighted by Crippen LogP contribution is 2.36. The fraction of sp³-hybridized carbons (Fsp3) is 0.120. The fourth-order valence-electron chi connectivity index (χ4n) is 3.28. The highest BCUT2D eigenvalue weighted by Gasteiger charge is 2.21. The predicted octanol–water partition coefficient (Wildman–Crippen LogP) is 5.22. The third kappa shape index (κ3) is 4.75. The van der Waals surface area contributed by atoms with E-state index in [4.69, 9.17) is 14.0 Å². The van der Waals surface area contributed by atoms with Crippen molar-refractivity contribution in [3.63, 3.8) is 0 Å². The van der Waals surface area contributed by atoms with Crippen molar-refractivity contribution in [1.29, 1.82) is 0 Å². The summed E-state index contributed by atoms with van der Waals surface area (Å²) in [4.78, 5) is 11.3. The van der Waals surface area contributed by atoms with Gasteiger partial charge in [-0.2, -0.15) is 0 Å². The maximum absolute atomic E-state index is 11.3. The van der Waals surface area contributed by atoms with Crippen molar-refractivity contribution < 1.29 is 23.9 Å². The van der Waals surface area contributed by atoms with E-state index < -0.39 is 5.97 Å². The molecule has 0 aliphatic rings.